The van der Waals surface area contributed by atoms with Crippen molar-refractivity contribution in [2.45, 2.75) is 64.3 Å². The summed E-state index contributed by atoms with van der Waals surface area (Å²) in [6.07, 6.45) is 7.51. The molecule has 0 N–H and O–H groups in total. The van der Waals surface area contributed by atoms with Crippen molar-refractivity contribution in [1.82, 2.24) is 4.90 Å². The van der Waals surface area contributed by atoms with Crippen LogP contribution in [0.25, 0.3) is 0 Å². The van der Waals surface area contributed by atoms with Crippen LogP contribution in [0.4, 0.5) is 0 Å². The maximum atomic E-state index is 12.9. The number of carbonyl (C=O) groups excluding carboxylic acids is 1. The summed E-state index contributed by atoms with van der Waals surface area (Å²) in [5.41, 5.74) is -0.123. The molecule has 0 spiro atoms. The van der Waals surface area contributed by atoms with Crippen molar-refractivity contribution < 1.29 is 9.53 Å². The Bertz CT molecular complexity index is 287. The summed E-state index contributed by atoms with van der Waals surface area (Å²) < 4.78 is 5.40. The van der Waals surface area contributed by atoms with Crippen LogP contribution in [0.2, 0.25) is 0 Å². The van der Waals surface area contributed by atoms with Crippen LogP contribution in [0.3, 0.4) is 0 Å². The molecule has 2 fully saturated rings. The first-order valence-electron chi connectivity index (χ1n) is 8.09. The molecular formula is C16H29NO2. The highest BCUT2D eigenvalue weighted by Crippen LogP contribution is 2.38. The van der Waals surface area contributed by atoms with Crippen molar-refractivity contribution in [2.24, 2.45) is 5.92 Å². The van der Waals surface area contributed by atoms with Gasteiger partial charge in [0.05, 0.1) is 5.54 Å². The Hall–Kier alpha value is -0.410. The van der Waals surface area contributed by atoms with Crippen LogP contribution in [-0.4, -0.2) is 42.5 Å². The largest absolute Gasteiger partial charge is 0.381 e. The number of nitrogens with zero attached hydrogens (tertiary/aromatic N) is 1. The lowest BCUT2D eigenvalue weighted by Crippen LogP contribution is -2.53. The molecule has 1 saturated heterocycles. The van der Waals surface area contributed by atoms with Gasteiger partial charge in [-0.3, -0.25) is 9.69 Å². The van der Waals surface area contributed by atoms with Crippen molar-refractivity contribution in [3.8, 4) is 0 Å². The van der Waals surface area contributed by atoms with Gasteiger partial charge >= 0.3 is 0 Å². The van der Waals surface area contributed by atoms with Crippen LogP contribution in [0.15, 0.2) is 0 Å². The molecule has 0 atom stereocenters. The molecule has 19 heavy (non-hydrogen) atoms. The predicted molar refractivity (Wildman–Crippen MR) is 77.3 cm³/mol. The second-order valence-corrected chi connectivity index (χ2v) is 6.09. The lowest BCUT2D eigenvalue weighted by atomic mass is 9.82. The standard InChI is InChI=1S/C16H29NO2/c1-3-17(4-2)16(9-5-6-10-16)15(18)13-14-7-11-19-12-8-14/h14H,3-13H2,1-2H3. The van der Waals surface area contributed by atoms with Gasteiger partial charge in [0.1, 0.15) is 0 Å². The second kappa shape index (κ2) is 6.85. The number of Topliss-reactive ketones (excluding diaryl/α,β-unsaturated/α-hetero) is 1. The molecule has 0 aromatic carbocycles. The minimum atomic E-state index is -0.123. The van der Waals surface area contributed by atoms with E-state index in [9.17, 15) is 4.79 Å². The molecule has 0 unspecified atom stereocenters. The zero-order valence-corrected chi connectivity index (χ0v) is 12.6. The van der Waals surface area contributed by atoms with Crippen LogP contribution in [0.1, 0.15) is 58.8 Å². The topological polar surface area (TPSA) is 29.5 Å². The highest BCUT2D eigenvalue weighted by molar-refractivity contribution is 5.89. The first-order chi connectivity index (χ1) is 9.23. The smallest absolute Gasteiger partial charge is 0.153 e. The zero-order valence-electron chi connectivity index (χ0n) is 12.6. The van der Waals surface area contributed by atoms with Gasteiger partial charge in [-0.2, -0.15) is 0 Å². The van der Waals surface area contributed by atoms with Gasteiger partial charge in [0.25, 0.3) is 0 Å². The van der Waals surface area contributed by atoms with Crippen molar-refractivity contribution in [2.75, 3.05) is 26.3 Å². The van der Waals surface area contributed by atoms with Crippen molar-refractivity contribution in [1.29, 1.82) is 0 Å². The van der Waals surface area contributed by atoms with Crippen LogP contribution in [-0.2, 0) is 9.53 Å². The summed E-state index contributed by atoms with van der Waals surface area (Å²) >= 11 is 0. The van der Waals surface area contributed by atoms with Gasteiger partial charge in [-0.05, 0) is 44.7 Å². The van der Waals surface area contributed by atoms with E-state index in [4.69, 9.17) is 4.74 Å². The lowest BCUT2D eigenvalue weighted by molar-refractivity contribution is -0.132. The fourth-order valence-corrected chi connectivity index (χ4v) is 3.96. The van der Waals surface area contributed by atoms with Crippen LogP contribution >= 0.6 is 0 Å². The molecule has 110 valence electrons. The predicted octanol–water partition coefficient (Wildman–Crippen LogP) is 3.03. The van der Waals surface area contributed by atoms with Crippen molar-refractivity contribution in [3.05, 3.63) is 0 Å². The summed E-state index contributed by atoms with van der Waals surface area (Å²) in [5, 5.41) is 0. The third kappa shape index (κ3) is 3.19. The molecule has 0 aromatic rings. The number of likely N-dealkylation sites (N-methyl/N-ethyl adjacent to an activating group) is 1. The Kier molecular flexibility index (Phi) is 5.40. The van der Waals surface area contributed by atoms with Gasteiger partial charge in [-0.1, -0.05) is 26.7 Å². The monoisotopic (exact) mass is 267 g/mol. The molecule has 1 saturated carbocycles. The molecule has 2 aliphatic rings. The molecule has 1 aliphatic heterocycles. The number of ether oxygens (including phenoxy) is 1. The average Bonchev–Trinajstić information content (AvgIpc) is 2.92. The Labute approximate surface area is 117 Å². The van der Waals surface area contributed by atoms with E-state index in [-0.39, 0.29) is 5.54 Å². The molecule has 0 aromatic heterocycles. The summed E-state index contributed by atoms with van der Waals surface area (Å²) in [6, 6.07) is 0. The van der Waals surface area contributed by atoms with Gasteiger partial charge in [0.15, 0.2) is 5.78 Å². The SMILES string of the molecule is CCN(CC)C1(C(=O)CC2CCOCC2)CCCC1. The molecular weight excluding hydrogens is 238 g/mol. The number of hydrogen-bond donors (Lipinski definition) is 0. The fraction of sp³-hybridized carbons (Fsp3) is 0.938. The van der Waals surface area contributed by atoms with Gasteiger partial charge < -0.3 is 4.74 Å². The van der Waals surface area contributed by atoms with Crippen LogP contribution in [0.5, 0.6) is 0 Å². The minimum absolute atomic E-state index is 0.123. The molecule has 0 bridgehead atoms. The van der Waals surface area contributed by atoms with Crippen LogP contribution < -0.4 is 0 Å². The number of hydrogen-bond acceptors (Lipinski definition) is 3. The molecule has 3 nitrogen and oxygen atoms in total. The summed E-state index contributed by atoms with van der Waals surface area (Å²) in [5.74, 6) is 1.08. The van der Waals surface area contributed by atoms with E-state index >= 15 is 0 Å². The lowest BCUT2D eigenvalue weighted by Gasteiger charge is -2.40. The first kappa shape index (κ1) is 15.0. The Morgan fingerprint density at radius 1 is 1.16 bits per heavy atom. The highest BCUT2D eigenvalue weighted by atomic mass is 16.5. The van der Waals surface area contributed by atoms with Gasteiger partial charge in [-0.25, -0.2) is 0 Å². The zero-order chi connectivity index (χ0) is 13.7. The summed E-state index contributed by atoms with van der Waals surface area (Å²) in [6.45, 7) is 8.05. The van der Waals surface area contributed by atoms with E-state index in [0.717, 1.165) is 58.4 Å². The molecule has 1 aliphatic carbocycles. The maximum absolute atomic E-state index is 12.9. The van der Waals surface area contributed by atoms with Crippen LogP contribution in [0, 0.1) is 5.92 Å². The average molecular weight is 267 g/mol. The minimum Gasteiger partial charge on any atom is -0.381 e. The quantitative estimate of drug-likeness (QED) is 0.741. The first-order valence-corrected chi connectivity index (χ1v) is 8.09. The Morgan fingerprint density at radius 2 is 1.74 bits per heavy atom. The third-order valence-corrected chi connectivity index (χ3v) is 5.13. The summed E-state index contributed by atoms with van der Waals surface area (Å²) in [4.78, 5) is 15.3. The van der Waals surface area contributed by atoms with Crippen molar-refractivity contribution >= 4 is 5.78 Å². The highest BCUT2D eigenvalue weighted by Gasteiger charge is 2.44. The Morgan fingerprint density at radius 3 is 2.26 bits per heavy atom. The number of carbonyl (C=O) groups is 1. The maximum Gasteiger partial charge on any atom is 0.153 e. The van der Waals surface area contributed by atoms with Gasteiger partial charge in [-0.15, -0.1) is 0 Å². The van der Waals surface area contributed by atoms with E-state index in [1.165, 1.54) is 12.8 Å². The van der Waals surface area contributed by atoms with E-state index in [1.54, 1.807) is 0 Å². The molecule has 0 radical (unpaired) electrons. The van der Waals surface area contributed by atoms with E-state index in [1.807, 2.05) is 0 Å². The number of ketones is 1. The molecule has 2 rings (SSSR count). The molecule has 1 heterocycles. The van der Waals surface area contributed by atoms with E-state index in [2.05, 4.69) is 18.7 Å². The second-order valence-electron chi connectivity index (χ2n) is 6.09. The Balaban J connectivity index is 2.03. The summed E-state index contributed by atoms with van der Waals surface area (Å²) in [7, 11) is 0. The van der Waals surface area contributed by atoms with E-state index in [0.29, 0.717) is 11.7 Å². The molecule has 3 heteroatoms. The normalized spacial score (nSPS) is 23.9. The van der Waals surface area contributed by atoms with Gasteiger partial charge in [0, 0.05) is 19.6 Å². The molecule has 0 amide bonds. The number of rotatable bonds is 6. The van der Waals surface area contributed by atoms with Crippen molar-refractivity contribution in [3.63, 3.8) is 0 Å². The fourth-order valence-electron chi connectivity index (χ4n) is 3.96. The van der Waals surface area contributed by atoms with E-state index < -0.39 is 0 Å². The van der Waals surface area contributed by atoms with Gasteiger partial charge in [0.2, 0.25) is 0 Å². The third-order valence-electron chi connectivity index (χ3n) is 5.13.